The summed E-state index contributed by atoms with van der Waals surface area (Å²) >= 11 is 0. The van der Waals surface area contributed by atoms with Crippen molar-refractivity contribution >= 4 is 0 Å². The van der Waals surface area contributed by atoms with E-state index in [1.54, 1.807) is 0 Å². The van der Waals surface area contributed by atoms with E-state index in [-0.39, 0.29) is 12.0 Å². The van der Waals surface area contributed by atoms with Gasteiger partial charge in [0.25, 0.3) is 0 Å². The van der Waals surface area contributed by atoms with E-state index in [9.17, 15) is 5.11 Å². The molecule has 1 atom stereocenters. The zero-order chi connectivity index (χ0) is 14.5. The van der Waals surface area contributed by atoms with Crippen molar-refractivity contribution in [1.29, 1.82) is 0 Å². The Morgan fingerprint density at radius 1 is 1.19 bits per heavy atom. The molecular weight excluding hydrogens is 262 g/mol. The minimum Gasteiger partial charge on any atom is -0.396 e. The Kier molecular flexibility index (Phi) is 4.94. The summed E-state index contributed by atoms with van der Waals surface area (Å²) in [5, 5.41) is 9.65. The van der Waals surface area contributed by atoms with Crippen molar-refractivity contribution in [1.82, 2.24) is 4.90 Å². The van der Waals surface area contributed by atoms with Crippen molar-refractivity contribution in [3.05, 3.63) is 35.9 Å². The van der Waals surface area contributed by atoms with Gasteiger partial charge in [-0.1, -0.05) is 36.8 Å². The number of likely N-dealkylation sites (tertiary alicyclic amines) is 1. The number of benzene rings is 1. The largest absolute Gasteiger partial charge is 0.396 e. The molecular formula is C18H27NO2. The molecule has 116 valence electrons. The first-order valence-electron chi connectivity index (χ1n) is 8.28. The molecule has 2 saturated heterocycles. The van der Waals surface area contributed by atoms with Crippen LogP contribution in [0.25, 0.3) is 0 Å². The van der Waals surface area contributed by atoms with Crippen LogP contribution in [0.1, 0.15) is 31.2 Å². The molecule has 1 aromatic carbocycles. The van der Waals surface area contributed by atoms with Gasteiger partial charge in [-0.05, 0) is 37.8 Å². The smallest absolute Gasteiger partial charge is 0.0579 e. The summed E-state index contributed by atoms with van der Waals surface area (Å²) in [5.41, 5.74) is 1.45. The van der Waals surface area contributed by atoms with Gasteiger partial charge in [-0.3, -0.25) is 4.90 Å². The van der Waals surface area contributed by atoms with Gasteiger partial charge in [0, 0.05) is 12.6 Å². The number of aryl methyl sites for hydroxylation is 1. The molecule has 0 saturated carbocycles. The number of nitrogens with zero attached hydrogens (tertiary/aromatic N) is 1. The van der Waals surface area contributed by atoms with Crippen LogP contribution >= 0.6 is 0 Å². The molecule has 21 heavy (non-hydrogen) atoms. The minimum atomic E-state index is 0.0162. The van der Waals surface area contributed by atoms with E-state index in [0.717, 1.165) is 26.2 Å². The Labute approximate surface area is 127 Å². The average molecular weight is 289 g/mol. The van der Waals surface area contributed by atoms with Gasteiger partial charge in [0.15, 0.2) is 0 Å². The van der Waals surface area contributed by atoms with Crippen LogP contribution in [0.15, 0.2) is 30.3 Å². The normalized spacial score (nSPS) is 25.5. The maximum Gasteiger partial charge on any atom is 0.0579 e. The average Bonchev–Trinajstić information content (AvgIpc) is 2.51. The van der Waals surface area contributed by atoms with Crippen molar-refractivity contribution in [2.45, 2.75) is 38.1 Å². The number of aliphatic hydroxyl groups excluding tert-OH is 1. The van der Waals surface area contributed by atoms with Crippen LogP contribution in [-0.4, -0.2) is 49.0 Å². The van der Waals surface area contributed by atoms with Gasteiger partial charge < -0.3 is 9.84 Å². The number of hydrogen-bond acceptors (Lipinski definition) is 3. The van der Waals surface area contributed by atoms with Crippen LogP contribution in [0.4, 0.5) is 0 Å². The summed E-state index contributed by atoms with van der Waals surface area (Å²) in [5.74, 6) is 0. The third-order valence-corrected chi connectivity index (χ3v) is 5.05. The predicted molar refractivity (Wildman–Crippen MR) is 84.3 cm³/mol. The molecule has 0 amide bonds. The topological polar surface area (TPSA) is 32.7 Å². The summed E-state index contributed by atoms with van der Waals surface area (Å²) in [4.78, 5) is 2.62. The zero-order valence-corrected chi connectivity index (χ0v) is 12.8. The highest BCUT2D eigenvalue weighted by Crippen LogP contribution is 2.31. The lowest BCUT2D eigenvalue weighted by Gasteiger charge is -2.46. The molecule has 2 aliphatic heterocycles. The molecule has 1 unspecified atom stereocenters. The second-order valence-corrected chi connectivity index (χ2v) is 6.80. The van der Waals surface area contributed by atoms with E-state index < -0.39 is 0 Å². The Hall–Kier alpha value is -0.900. The van der Waals surface area contributed by atoms with Crippen molar-refractivity contribution in [2.24, 2.45) is 5.41 Å². The molecule has 0 spiro atoms. The van der Waals surface area contributed by atoms with Gasteiger partial charge in [0.1, 0.15) is 0 Å². The molecule has 3 rings (SSSR count). The molecule has 1 N–H and O–H groups in total. The second kappa shape index (κ2) is 6.91. The fourth-order valence-corrected chi connectivity index (χ4v) is 3.63. The fourth-order valence-electron chi connectivity index (χ4n) is 3.63. The summed E-state index contributed by atoms with van der Waals surface area (Å²) < 4.78 is 5.35. The standard InChI is InChI=1S/C18H27NO2/c20-13-18(14-21-15-18)12-19-11-5-4-8-17(19)10-9-16-6-2-1-3-7-16/h1-3,6-7,17,20H,4-5,8-15H2. The molecule has 3 nitrogen and oxygen atoms in total. The third kappa shape index (κ3) is 3.65. The molecule has 1 aromatic rings. The fraction of sp³-hybridized carbons (Fsp3) is 0.667. The highest BCUT2D eigenvalue weighted by molar-refractivity contribution is 5.14. The monoisotopic (exact) mass is 289 g/mol. The Morgan fingerprint density at radius 2 is 2.00 bits per heavy atom. The van der Waals surface area contributed by atoms with E-state index in [0.29, 0.717) is 6.04 Å². The van der Waals surface area contributed by atoms with Crippen LogP contribution in [0.3, 0.4) is 0 Å². The SMILES string of the molecule is OCC1(CN2CCCCC2CCc2ccccc2)COC1. The second-order valence-electron chi connectivity index (χ2n) is 6.80. The molecule has 0 aromatic heterocycles. The van der Waals surface area contributed by atoms with Gasteiger partial charge in [0.05, 0.1) is 25.2 Å². The first kappa shape index (κ1) is 15.0. The molecule has 0 radical (unpaired) electrons. The van der Waals surface area contributed by atoms with E-state index in [1.807, 2.05) is 0 Å². The molecule has 0 aliphatic carbocycles. The van der Waals surface area contributed by atoms with Gasteiger partial charge in [-0.15, -0.1) is 0 Å². The first-order chi connectivity index (χ1) is 10.3. The Morgan fingerprint density at radius 3 is 2.67 bits per heavy atom. The molecule has 2 fully saturated rings. The van der Waals surface area contributed by atoms with E-state index in [1.165, 1.54) is 37.8 Å². The highest BCUT2D eigenvalue weighted by atomic mass is 16.5. The molecule has 3 heteroatoms. The third-order valence-electron chi connectivity index (χ3n) is 5.05. The maximum absolute atomic E-state index is 9.65. The number of piperidine rings is 1. The number of rotatable bonds is 6. The quantitative estimate of drug-likeness (QED) is 0.873. The molecule has 2 heterocycles. The van der Waals surface area contributed by atoms with Gasteiger partial charge >= 0.3 is 0 Å². The van der Waals surface area contributed by atoms with Crippen molar-refractivity contribution in [2.75, 3.05) is 32.9 Å². The number of ether oxygens (including phenoxy) is 1. The van der Waals surface area contributed by atoms with Crippen LogP contribution in [0.2, 0.25) is 0 Å². The lowest BCUT2D eigenvalue weighted by Crippen LogP contribution is -2.56. The van der Waals surface area contributed by atoms with Crippen molar-refractivity contribution < 1.29 is 9.84 Å². The maximum atomic E-state index is 9.65. The summed E-state index contributed by atoms with van der Waals surface area (Å²) in [7, 11) is 0. The van der Waals surface area contributed by atoms with Crippen LogP contribution in [0, 0.1) is 5.41 Å². The Bertz CT molecular complexity index is 425. The van der Waals surface area contributed by atoms with Crippen LogP contribution in [-0.2, 0) is 11.2 Å². The van der Waals surface area contributed by atoms with Gasteiger partial charge in [0.2, 0.25) is 0 Å². The number of hydrogen-bond donors (Lipinski definition) is 1. The van der Waals surface area contributed by atoms with Crippen molar-refractivity contribution in [3.8, 4) is 0 Å². The van der Waals surface area contributed by atoms with Crippen LogP contribution in [0.5, 0.6) is 0 Å². The predicted octanol–water partition coefficient (Wildman–Crippen LogP) is 2.48. The molecule has 2 aliphatic rings. The van der Waals surface area contributed by atoms with E-state index in [2.05, 4.69) is 35.2 Å². The molecule has 0 bridgehead atoms. The first-order valence-corrected chi connectivity index (χ1v) is 8.28. The zero-order valence-electron chi connectivity index (χ0n) is 12.8. The highest BCUT2D eigenvalue weighted by Gasteiger charge is 2.41. The van der Waals surface area contributed by atoms with Gasteiger partial charge in [-0.2, -0.15) is 0 Å². The lowest BCUT2D eigenvalue weighted by molar-refractivity contribution is -0.153. The van der Waals surface area contributed by atoms with E-state index >= 15 is 0 Å². The number of aliphatic hydroxyl groups is 1. The van der Waals surface area contributed by atoms with Crippen LogP contribution < -0.4 is 0 Å². The van der Waals surface area contributed by atoms with E-state index in [4.69, 9.17) is 4.74 Å². The summed E-state index contributed by atoms with van der Waals surface area (Å²) in [6, 6.07) is 11.5. The Balaban J connectivity index is 1.56. The lowest BCUT2D eigenvalue weighted by atomic mass is 9.84. The van der Waals surface area contributed by atoms with Crippen molar-refractivity contribution in [3.63, 3.8) is 0 Å². The van der Waals surface area contributed by atoms with Gasteiger partial charge in [-0.25, -0.2) is 0 Å². The minimum absolute atomic E-state index is 0.0162. The summed E-state index contributed by atoms with van der Waals surface area (Å²) in [6.07, 6.45) is 6.33. The summed E-state index contributed by atoms with van der Waals surface area (Å²) in [6.45, 7) is 3.90.